The summed E-state index contributed by atoms with van der Waals surface area (Å²) in [5.41, 5.74) is 0.628. The fourth-order valence-electron chi connectivity index (χ4n) is 2.23. The van der Waals surface area contributed by atoms with Crippen LogP contribution in [-0.2, 0) is 31.2 Å². The molecule has 0 saturated carbocycles. The highest BCUT2D eigenvalue weighted by molar-refractivity contribution is 5.25. The van der Waals surface area contributed by atoms with Crippen molar-refractivity contribution in [1.82, 2.24) is 14.8 Å². The molecule has 0 atom stereocenters. The largest absolute Gasteiger partial charge is 0.435 e. The minimum Gasteiger partial charge on any atom is -0.421 e. The molecule has 3 aromatic rings. The highest BCUT2D eigenvalue weighted by Crippen LogP contribution is 2.31. The maximum atomic E-state index is 12.7. The number of nitrogens with zero attached hydrogens (tertiary/aromatic N) is 3. The highest BCUT2D eigenvalue weighted by Gasteiger charge is 2.35. The normalized spacial score (nSPS) is 11.5. The monoisotopic (exact) mass is 363 g/mol. The maximum Gasteiger partial charge on any atom is 0.435 e. The van der Waals surface area contributed by atoms with Gasteiger partial charge in [-0.2, -0.15) is 18.3 Å². The lowest BCUT2D eigenvalue weighted by Crippen LogP contribution is -2.06. The van der Waals surface area contributed by atoms with Gasteiger partial charge in [-0.1, -0.05) is 36.4 Å². The van der Waals surface area contributed by atoms with Gasteiger partial charge in [0.1, 0.15) is 0 Å². The van der Waals surface area contributed by atoms with E-state index in [2.05, 4.69) is 10.1 Å². The SMILES string of the molecule is Cn1nc(C(F)(F)F)cc1Oc1cccc(COCc2ccccc2)n1. The molecular weight excluding hydrogens is 347 g/mol. The van der Waals surface area contributed by atoms with Crippen LogP contribution in [0, 0.1) is 0 Å². The van der Waals surface area contributed by atoms with Gasteiger partial charge in [0.2, 0.25) is 11.8 Å². The molecule has 0 saturated heterocycles. The van der Waals surface area contributed by atoms with Gasteiger partial charge in [0.15, 0.2) is 5.69 Å². The topological polar surface area (TPSA) is 49.2 Å². The van der Waals surface area contributed by atoms with Crippen LogP contribution >= 0.6 is 0 Å². The Balaban J connectivity index is 1.63. The van der Waals surface area contributed by atoms with E-state index in [0.717, 1.165) is 16.3 Å². The molecule has 2 aromatic heterocycles. The van der Waals surface area contributed by atoms with Crippen molar-refractivity contribution in [2.24, 2.45) is 7.05 Å². The van der Waals surface area contributed by atoms with Gasteiger partial charge in [-0.25, -0.2) is 9.67 Å². The fraction of sp³-hybridized carbons (Fsp3) is 0.222. The van der Waals surface area contributed by atoms with Crippen molar-refractivity contribution in [2.75, 3.05) is 0 Å². The quantitative estimate of drug-likeness (QED) is 0.654. The van der Waals surface area contributed by atoms with Crippen LogP contribution in [0.4, 0.5) is 13.2 Å². The van der Waals surface area contributed by atoms with Gasteiger partial charge in [-0.15, -0.1) is 0 Å². The first-order valence-electron chi connectivity index (χ1n) is 7.78. The van der Waals surface area contributed by atoms with Crippen molar-refractivity contribution >= 4 is 0 Å². The first-order valence-corrected chi connectivity index (χ1v) is 7.78. The Labute approximate surface area is 148 Å². The molecule has 0 amide bonds. The number of ether oxygens (including phenoxy) is 2. The van der Waals surface area contributed by atoms with E-state index in [9.17, 15) is 13.2 Å². The van der Waals surface area contributed by atoms with E-state index in [1.165, 1.54) is 7.05 Å². The van der Waals surface area contributed by atoms with E-state index in [1.807, 2.05) is 30.3 Å². The molecule has 0 aliphatic rings. The number of aromatic nitrogens is 3. The molecule has 3 rings (SSSR count). The van der Waals surface area contributed by atoms with E-state index in [0.29, 0.717) is 12.3 Å². The van der Waals surface area contributed by atoms with Crippen molar-refractivity contribution in [2.45, 2.75) is 19.4 Å². The lowest BCUT2D eigenvalue weighted by Gasteiger charge is -2.07. The summed E-state index contributed by atoms with van der Waals surface area (Å²) in [5, 5.41) is 3.40. The van der Waals surface area contributed by atoms with Crippen molar-refractivity contribution in [3.8, 4) is 11.8 Å². The van der Waals surface area contributed by atoms with Crippen molar-refractivity contribution < 1.29 is 22.6 Å². The maximum absolute atomic E-state index is 12.7. The summed E-state index contributed by atoms with van der Waals surface area (Å²) >= 11 is 0. The van der Waals surface area contributed by atoms with Crippen LogP contribution in [-0.4, -0.2) is 14.8 Å². The number of pyridine rings is 1. The van der Waals surface area contributed by atoms with E-state index in [1.54, 1.807) is 18.2 Å². The summed E-state index contributed by atoms with van der Waals surface area (Å²) < 4.78 is 50.1. The van der Waals surface area contributed by atoms with Crippen LogP contribution in [0.2, 0.25) is 0 Å². The molecule has 0 radical (unpaired) electrons. The number of hydrogen-bond donors (Lipinski definition) is 0. The predicted molar refractivity (Wildman–Crippen MR) is 87.5 cm³/mol. The Morgan fingerprint density at radius 3 is 2.46 bits per heavy atom. The minimum atomic E-state index is -4.53. The molecule has 2 heterocycles. The van der Waals surface area contributed by atoms with Crippen molar-refractivity contribution in [3.05, 3.63) is 71.5 Å². The first-order chi connectivity index (χ1) is 12.4. The van der Waals surface area contributed by atoms with Gasteiger partial charge in [0.25, 0.3) is 0 Å². The van der Waals surface area contributed by atoms with E-state index >= 15 is 0 Å². The average Bonchev–Trinajstić information content (AvgIpc) is 2.97. The Kier molecular flexibility index (Phi) is 5.22. The molecule has 0 unspecified atom stereocenters. The van der Waals surface area contributed by atoms with Crippen molar-refractivity contribution in [3.63, 3.8) is 0 Å². The molecule has 5 nitrogen and oxygen atoms in total. The third kappa shape index (κ3) is 4.60. The van der Waals surface area contributed by atoms with Gasteiger partial charge in [-0.05, 0) is 11.6 Å². The van der Waals surface area contributed by atoms with Crippen LogP contribution in [0.3, 0.4) is 0 Å². The summed E-state index contributed by atoms with van der Waals surface area (Å²) in [6, 6.07) is 15.5. The second-order valence-corrected chi connectivity index (χ2v) is 5.54. The van der Waals surface area contributed by atoms with Gasteiger partial charge in [-0.3, -0.25) is 0 Å². The standard InChI is InChI=1S/C18H16F3N3O2/c1-24-17(10-15(23-24)18(19,20)21)26-16-9-5-8-14(22-16)12-25-11-13-6-3-2-4-7-13/h2-10H,11-12H2,1H3. The molecule has 0 aliphatic carbocycles. The zero-order chi connectivity index (χ0) is 18.6. The molecule has 1 aromatic carbocycles. The second-order valence-electron chi connectivity index (χ2n) is 5.54. The van der Waals surface area contributed by atoms with E-state index < -0.39 is 11.9 Å². The molecule has 0 fully saturated rings. The first kappa shape index (κ1) is 17.9. The molecule has 8 heteroatoms. The van der Waals surface area contributed by atoms with E-state index in [4.69, 9.17) is 9.47 Å². The number of rotatable bonds is 6. The molecule has 0 bridgehead atoms. The predicted octanol–water partition coefficient (Wildman–Crippen LogP) is 4.34. The number of halogens is 3. The Morgan fingerprint density at radius 1 is 1.00 bits per heavy atom. The molecule has 0 N–H and O–H groups in total. The number of alkyl halides is 3. The molecule has 0 aliphatic heterocycles. The summed E-state index contributed by atoms with van der Waals surface area (Å²) in [6.45, 7) is 0.690. The van der Waals surface area contributed by atoms with Gasteiger partial charge in [0.05, 0.1) is 18.9 Å². The van der Waals surface area contributed by atoms with E-state index in [-0.39, 0.29) is 18.4 Å². The summed E-state index contributed by atoms with van der Waals surface area (Å²) in [5.74, 6) is 0.120. The molecular formula is C18H16F3N3O2. The van der Waals surface area contributed by atoms with Gasteiger partial charge >= 0.3 is 6.18 Å². The van der Waals surface area contributed by atoms with Crippen LogP contribution in [0.1, 0.15) is 17.0 Å². The zero-order valence-corrected chi connectivity index (χ0v) is 13.9. The summed E-state index contributed by atoms with van der Waals surface area (Å²) in [4.78, 5) is 4.24. The zero-order valence-electron chi connectivity index (χ0n) is 13.9. The molecule has 26 heavy (non-hydrogen) atoms. The van der Waals surface area contributed by atoms with Gasteiger partial charge < -0.3 is 9.47 Å². The lowest BCUT2D eigenvalue weighted by atomic mass is 10.2. The van der Waals surface area contributed by atoms with Crippen LogP contribution in [0.5, 0.6) is 11.8 Å². The lowest BCUT2D eigenvalue weighted by molar-refractivity contribution is -0.141. The summed E-state index contributed by atoms with van der Waals surface area (Å²) in [7, 11) is 1.37. The van der Waals surface area contributed by atoms with Gasteiger partial charge in [0, 0.05) is 19.2 Å². The Hall–Kier alpha value is -2.87. The Bertz CT molecular complexity index is 864. The highest BCUT2D eigenvalue weighted by atomic mass is 19.4. The van der Waals surface area contributed by atoms with Crippen LogP contribution < -0.4 is 4.74 Å². The third-order valence-electron chi connectivity index (χ3n) is 3.48. The number of aryl methyl sites for hydroxylation is 1. The number of hydrogen-bond acceptors (Lipinski definition) is 4. The average molecular weight is 363 g/mol. The number of benzene rings is 1. The second kappa shape index (κ2) is 7.57. The third-order valence-corrected chi connectivity index (χ3v) is 3.48. The smallest absolute Gasteiger partial charge is 0.421 e. The fourth-order valence-corrected chi connectivity index (χ4v) is 2.23. The Morgan fingerprint density at radius 2 is 1.77 bits per heavy atom. The van der Waals surface area contributed by atoms with Crippen molar-refractivity contribution in [1.29, 1.82) is 0 Å². The molecule has 136 valence electrons. The summed E-state index contributed by atoms with van der Waals surface area (Å²) in [6.07, 6.45) is -4.53. The minimum absolute atomic E-state index is 0.0489. The van der Waals surface area contributed by atoms with Crippen LogP contribution in [0.15, 0.2) is 54.6 Å². The molecule has 0 spiro atoms. The van der Waals surface area contributed by atoms with Crippen LogP contribution in [0.25, 0.3) is 0 Å².